The molecule has 112 valence electrons. The van der Waals surface area contributed by atoms with E-state index in [1.165, 1.54) is 24.3 Å². The Morgan fingerprint density at radius 1 is 1.27 bits per heavy atom. The van der Waals surface area contributed by atoms with Crippen LogP contribution in [0, 0.1) is 5.82 Å². The van der Waals surface area contributed by atoms with Crippen molar-refractivity contribution in [2.75, 3.05) is 12.1 Å². The summed E-state index contributed by atoms with van der Waals surface area (Å²) in [6.07, 6.45) is 2.92. The summed E-state index contributed by atoms with van der Waals surface area (Å²) in [5.74, 6) is 0.254. The third-order valence-corrected chi connectivity index (χ3v) is 3.25. The Kier molecular flexibility index (Phi) is 3.98. The van der Waals surface area contributed by atoms with Crippen molar-refractivity contribution in [2.24, 2.45) is 0 Å². The summed E-state index contributed by atoms with van der Waals surface area (Å²) < 4.78 is 23.5. The quantitative estimate of drug-likeness (QED) is 0.874. The zero-order valence-corrected chi connectivity index (χ0v) is 12.1. The van der Waals surface area contributed by atoms with Crippen molar-refractivity contribution in [1.82, 2.24) is 0 Å². The maximum atomic E-state index is 13.0. The molecule has 1 aliphatic rings. The second kappa shape index (κ2) is 6.07. The molecule has 1 amide bonds. The molecule has 0 aliphatic carbocycles. The molecular weight excluding hydrogens is 309 g/mol. The predicted octanol–water partition coefficient (Wildman–Crippen LogP) is 3.86. The van der Waals surface area contributed by atoms with E-state index in [0.29, 0.717) is 27.8 Å². The number of carbonyl (C=O) groups is 1. The van der Waals surface area contributed by atoms with E-state index in [1.54, 1.807) is 24.3 Å². The summed E-state index contributed by atoms with van der Waals surface area (Å²) in [5, 5.41) is 2.98. The molecule has 1 heterocycles. The van der Waals surface area contributed by atoms with E-state index in [2.05, 4.69) is 5.32 Å². The molecule has 3 rings (SSSR count). The van der Waals surface area contributed by atoms with Crippen LogP contribution in [-0.4, -0.2) is 12.7 Å². The topological polar surface area (TPSA) is 47.6 Å². The van der Waals surface area contributed by atoms with Gasteiger partial charge in [-0.2, -0.15) is 0 Å². The van der Waals surface area contributed by atoms with E-state index in [9.17, 15) is 9.18 Å². The second-order valence-corrected chi connectivity index (χ2v) is 4.98. The SMILES string of the molecule is O=C(/C=C/c1cc(Cl)c2c(c1)OCO2)Nc1cccc(F)c1. The molecule has 4 nitrogen and oxygen atoms in total. The molecule has 22 heavy (non-hydrogen) atoms. The van der Waals surface area contributed by atoms with Crippen LogP contribution < -0.4 is 14.8 Å². The minimum atomic E-state index is -0.413. The molecule has 0 radical (unpaired) electrons. The maximum Gasteiger partial charge on any atom is 0.248 e. The average molecular weight is 320 g/mol. The van der Waals surface area contributed by atoms with Crippen LogP contribution in [-0.2, 0) is 4.79 Å². The summed E-state index contributed by atoms with van der Waals surface area (Å²) in [4.78, 5) is 11.8. The van der Waals surface area contributed by atoms with Gasteiger partial charge in [0.05, 0.1) is 5.02 Å². The van der Waals surface area contributed by atoms with Gasteiger partial charge in [-0.1, -0.05) is 17.7 Å². The highest BCUT2D eigenvalue weighted by molar-refractivity contribution is 6.32. The first kappa shape index (κ1) is 14.4. The molecule has 0 bridgehead atoms. The van der Waals surface area contributed by atoms with Crippen molar-refractivity contribution < 1.29 is 18.7 Å². The van der Waals surface area contributed by atoms with Crippen LogP contribution in [0.15, 0.2) is 42.5 Å². The first-order valence-electron chi connectivity index (χ1n) is 6.45. The van der Waals surface area contributed by atoms with Crippen molar-refractivity contribution in [3.63, 3.8) is 0 Å². The number of fused-ring (bicyclic) bond motifs is 1. The lowest BCUT2D eigenvalue weighted by molar-refractivity contribution is -0.111. The maximum absolute atomic E-state index is 13.0. The minimum Gasteiger partial charge on any atom is -0.454 e. The number of ether oxygens (including phenoxy) is 2. The number of halogens is 2. The number of carbonyl (C=O) groups excluding carboxylic acids is 1. The zero-order valence-electron chi connectivity index (χ0n) is 11.3. The van der Waals surface area contributed by atoms with Gasteiger partial charge in [-0.3, -0.25) is 4.79 Å². The highest BCUT2D eigenvalue weighted by Crippen LogP contribution is 2.40. The van der Waals surface area contributed by atoms with Crippen LogP contribution in [0.1, 0.15) is 5.56 Å². The number of nitrogens with one attached hydrogen (secondary N) is 1. The Bertz CT molecular complexity index is 761. The third-order valence-electron chi connectivity index (χ3n) is 2.97. The molecule has 1 N–H and O–H groups in total. The molecule has 0 aromatic heterocycles. The summed E-state index contributed by atoms with van der Waals surface area (Å²) >= 11 is 6.06. The summed E-state index contributed by atoms with van der Waals surface area (Å²) in [6.45, 7) is 0.127. The van der Waals surface area contributed by atoms with Crippen LogP contribution in [0.5, 0.6) is 11.5 Å². The molecule has 0 saturated heterocycles. The fourth-order valence-electron chi connectivity index (χ4n) is 2.01. The van der Waals surface area contributed by atoms with Crippen molar-refractivity contribution in [2.45, 2.75) is 0 Å². The van der Waals surface area contributed by atoms with Gasteiger partial charge < -0.3 is 14.8 Å². The van der Waals surface area contributed by atoms with Crippen LogP contribution in [0.3, 0.4) is 0 Å². The number of hydrogen-bond acceptors (Lipinski definition) is 3. The number of amides is 1. The Labute approximate surface area is 131 Å². The van der Waals surface area contributed by atoms with Gasteiger partial charge in [0.25, 0.3) is 0 Å². The van der Waals surface area contributed by atoms with Gasteiger partial charge in [0, 0.05) is 11.8 Å². The lowest BCUT2D eigenvalue weighted by Gasteiger charge is -2.03. The summed E-state index contributed by atoms with van der Waals surface area (Å²) in [5.41, 5.74) is 1.09. The number of rotatable bonds is 3. The molecular formula is C16H11ClFNO3. The van der Waals surface area contributed by atoms with E-state index in [0.717, 1.165) is 0 Å². The van der Waals surface area contributed by atoms with Crippen LogP contribution in [0.2, 0.25) is 5.02 Å². The van der Waals surface area contributed by atoms with E-state index < -0.39 is 5.82 Å². The third kappa shape index (κ3) is 3.20. The number of benzene rings is 2. The van der Waals surface area contributed by atoms with Crippen LogP contribution >= 0.6 is 11.6 Å². The fourth-order valence-corrected chi connectivity index (χ4v) is 2.28. The van der Waals surface area contributed by atoms with Crippen molar-refractivity contribution in [3.05, 3.63) is 58.9 Å². The van der Waals surface area contributed by atoms with Crippen molar-refractivity contribution in [1.29, 1.82) is 0 Å². The monoisotopic (exact) mass is 319 g/mol. The van der Waals surface area contributed by atoms with Crippen LogP contribution in [0.25, 0.3) is 6.08 Å². The van der Waals surface area contributed by atoms with Crippen molar-refractivity contribution in [3.8, 4) is 11.5 Å². The van der Waals surface area contributed by atoms with E-state index in [1.807, 2.05) is 0 Å². The Morgan fingerprint density at radius 3 is 2.95 bits per heavy atom. The molecule has 0 unspecified atom stereocenters. The van der Waals surface area contributed by atoms with Crippen LogP contribution in [0.4, 0.5) is 10.1 Å². The molecule has 1 aliphatic heterocycles. The van der Waals surface area contributed by atoms with Gasteiger partial charge >= 0.3 is 0 Å². The zero-order chi connectivity index (χ0) is 15.5. The second-order valence-electron chi connectivity index (χ2n) is 4.57. The molecule has 2 aromatic carbocycles. The lowest BCUT2D eigenvalue weighted by Crippen LogP contribution is -2.07. The standard InChI is InChI=1S/C16H11ClFNO3/c17-13-6-10(7-14-16(13)22-9-21-14)4-5-15(20)19-12-3-1-2-11(18)8-12/h1-8H,9H2,(H,19,20)/b5-4+. The highest BCUT2D eigenvalue weighted by atomic mass is 35.5. The Morgan fingerprint density at radius 2 is 2.14 bits per heavy atom. The minimum absolute atomic E-state index is 0.127. The first-order valence-corrected chi connectivity index (χ1v) is 6.83. The Hall–Kier alpha value is -2.53. The molecule has 0 saturated carbocycles. The lowest BCUT2D eigenvalue weighted by atomic mass is 10.2. The molecule has 0 atom stereocenters. The number of anilines is 1. The molecule has 0 spiro atoms. The molecule has 6 heteroatoms. The first-order chi connectivity index (χ1) is 10.6. The summed E-state index contributed by atoms with van der Waals surface area (Å²) in [6, 6.07) is 9.06. The van der Waals surface area contributed by atoms with Gasteiger partial charge in [0.1, 0.15) is 5.82 Å². The molecule has 0 fully saturated rings. The summed E-state index contributed by atoms with van der Waals surface area (Å²) in [7, 11) is 0. The van der Waals surface area contributed by atoms with Gasteiger partial charge in [-0.25, -0.2) is 4.39 Å². The smallest absolute Gasteiger partial charge is 0.248 e. The van der Waals surface area contributed by atoms with Crippen molar-refractivity contribution >= 4 is 29.3 Å². The van der Waals surface area contributed by atoms with E-state index in [-0.39, 0.29) is 12.7 Å². The average Bonchev–Trinajstić information content (AvgIpc) is 2.94. The van der Waals surface area contributed by atoms with Gasteiger partial charge in [0.15, 0.2) is 11.5 Å². The normalized spacial score (nSPS) is 12.6. The fraction of sp³-hybridized carbons (Fsp3) is 0.0625. The van der Waals surface area contributed by atoms with E-state index in [4.69, 9.17) is 21.1 Å². The van der Waals surface area contributed by atoms with E-state index >= 15 is 0 Å². The largest absolute Gasteiger partial charge is 0.454 e. The predicted molar refractivity (Wildman–Crippen MR) is 81.6 cm³/mol. The number of hydrogen-bond donors (Lipinski definition) is 1. The molecule has 2 aromatic rings. The highest BCUT2D eigenvalue weighted by Gasteiger charge is 2.17. The Balaban J connectivity index is 1.71. The van der Waals surface area contributed by atoms with Gasteiger partial charge in [-0.05, 0) is 42.0 Å². The van der Waals surface area contributed by atoms with Gasteiger partial charge in [0.2, 0.25) is 12.7 Å². The van der Waals surface area contributed by atoms with Gasteiger partial charge in [-0.15, -0.1) is 0 Å².